The summed E-state index contributed by atoms with van der Waals surface area (Å²) < 4.78 is 0. The van der Waals surface area contributed by atoms with E-state index in [4.69, 9.17) is 0 Å². The molecule has 2 atom stereocenters. The van der Waals surface area contributed by atoms with Crippen LogP contribution in [0.3, 0.4) is 0 Å². The third-order valence-electron chi connectivity index (χ3n) is 5.95. The van der Waals surface area contributed by atoms with E-state index in [9.17, 15) is 0 Å². The molecule has 0 unspecified atom stereocenters. The molecule has 2 aliphatic rings. The molecule has 22 heavy (non-hydrogen) atoms. The summed E-state index contributed by atoms with van der Waals surface area (Å²) in [5, 5.41) is 0. The summed E-state index contributed by atoms with van der Waals surface area (Å²) in [6.45, 7) is 9.44. The Hall–Kier alpha value is -0.860. The maximum absolute atomic E-state index is 2.46. The molecular weight excluding hydrogens is 268 g/mol. The summed E-state index contributed by atoms with van der Waals surface area (Å²) in [4.78, 5) is 3.78. The van der Waals surface area contributed by atoms with E-state index in [1.165, 1.54) is 76.8 Å². The van der Waals surface area contributed by atoms with Crippen LogP contribution in [0, 0.1) is 5.92 Å². The van der Waals surface area contributed by atoms with Gasteiger partial charge < -0.3 is 9.80 Å². The van der Waals surface area contributed by atoms with E-state index in [0.717, 1.165) is 12.0 Å². The van der Waals surface area contributed by atoms with Gasteiger partial charge in [0.2, 0.25) is 0 Å². The van der Waals surface area contributed by atoms with Gasteiger partial charge in [-0.05, 0) is 30.7 Å². The van der Waals surface area contributed by atoms with Crippen LogP contribution in [0.5, 0.6) is 0 Å². The Balaban J connectivity index is 1.35. The Morgan fingerprint density at radius 3 is 2.50 bits per heavy atom. The van der Waals surface area contributed by atoms with Crippen LogP contribution in [0.15, 0.2) is 30.3 Å². The summed E-state index contributed by atoms with van der Waals surface area (Å²) in [5.41, 5.74) is 1.50. The Kier molecular flexibility index (Phi) is 5.91. The smallest absolute Gasteiger partial charge is 0.127 e. The molecule has 0 aromatic heterocycles. The second kappa shape index (κ2) is 8.12. The quantitative estimate of drug-likeness (QED) is 0.802. The minimum absolute atomic E-state index is 0.975. The summed E-state index contributed by atoms with van der Waals surface area (Å²) >= 11 is 0. The molecule has 2 nitrogen and oxygen atoms in total. The Morgan fingerprint density at radius 1 is 1.00 bits per heavy atom. The van der Waals surface area contributed by atoms with Crippen molar-refractivity contribution in [3.63, 3.8) is 0 Å². The summed E-state index contributed by atoms with van der Waals surface area (Å²) in [7, 11) is 0. The van der Waals surface area contributed by atoms with Crippen molar-refractivity contribution in [2.24, 2.45) is 5.92 Å². The highest BCUT2D eigenvalue weighted by atomic mass is 15.3. The number of rotatable bonds is 5. The monoisotopic (exact) mass is 302 g/mol. The zero-order valence-electron chi connectivity index (χ0n) is 14.3. The zero-order chi connectivity index (χ0) is 15.2. The lowest BCUT2D eigenvalue weighted by Crippen LogP contribution is -3.29. The molecule has 0 radical (unpaired) electrons. The first kappa shape index (κ1) is 16.0. The number of benzene rings is 1. The van der Waals surface area contributed by atoms with Crippen LogP contribution in [0.2, 0.25) is 0 Å². The molecular formula is C20H34N2+2. The van der Waals surface area contributed by atoms with Crippen molar-refractivity contribution in [1.82, 2.24) is 0 Å². The van der Waals surface area contributed by atoms with Crippen molar-refractivity contribution >= 4 is 0 Å². The molecule has 2 heteroatoms. The zero-order valence-corrected chi connectivity index (χ0v) is 14.3. The maximum Gasteiger partial charge on any atom is 0.127 e. The molecule has 1 aromatic rings. The third kappa shape index (κ3) is 4.57. The van der Waals surface area contributed by atoms with Gasteiger partial charge in [0, 0.05) is 12.8 Å². The number of aryl methyl sites for hydroxylation is 1. The Morgan fingerprint density at radius 2 is 1.77 bits per heavy atom. The van der Waals surface area contributed by atoms with Gasteiger partial charge in [-0.2, -0.15) is 0 Å². The van der Waals surface area contributed by atoms with Gasteiger partial charge in [0.15, 0.2) is 0 Å². The lowest BCUT2D eigenvalue weighted by Gasteiger charge is -2.37. The molecule has 2 N–H and O–H groups in total. The molecule has 1 saturated heterocycles. The largest absolute Gasteiger partial charge is 0.326 e. The fraction of sp³-hybridized carbons (Fsp3) is 0.700. The van der Waals surface area contributed by atoms with Crippen molar-refractivity contribution in [2.45, 2.75) is 51.5 Å². The van der Waals surface area contributed by atoms with Crippen molar-refractivity contribution in [3.05, 3.63) is 35.9 Å². The van der Waals surface area contributed by atoms with Crippen molar-refractivity contribution in [2.75, 3.05) is 32.7 Å². The van der Waals surface area contributed by atoms with E-state index < -0.39 is 0 Å². The van der Waals surface area contributed by atoms with E-state index in [1.807, 2.05) is 9.80 Å². The molecule has 0 amide bonds. The highest BCUT2D eigenvalue weighted by molar-refractivity contribution is 5.14. The van der Waals surface area contributed by atoms with Crippen LogP contribution in [-0.4, -0.2) is 38.8 Å². The van der Waals surface area contributed by atoms with Crippen LogP contribution in [0.4, 0.5) is 0 Å². The van der Waals surface area contributed by atoms with E-state index in [0.29, 0.717) is 0 Å². The molecule has 3 rings (SSSR count). The normalized spacial score (nSPS) is 32.8. The van der Waals surface area contributed by atoms with Crippen molar-refractivity contribution < 1.29 is 9.80 Å². The first-order valence-electron chi connectivity index (χ1n) is 9.53. The fourth-order valence-corrected chi connectivity index (χ4v) is 4.58. The number of hydrogen-bond acceptors (Lipinski definition) is 0. The first-order valence-corrected chi connectivity index (χ1v) is 9.53. The molecule has 1 aromatic carbocycles. The average molecular weight is 303 g/mol. The number of piperazine rings is 1. The summed E-state index contributed by atoms with van der Waals surface area (Å²) in [6.07, 6.45) is 8.52. The molecule has 2 fully saturated rings. The van der Waals surface area contributed by atoms with Gasteiger partial charge in [-0.25, -0.2) is 0 Å². The number of nitrogens with one attached hydrogen (secondary N) is 2. The molecule has 1 saturated carbocycles. The standard InChI is InChI=1S/C20H32N2/c1-18-7-5-11-20(17-18)22-15-13-21(14-16-22)12-6-10-19-8-3-2-4-9-19/h2-4,8-9,18,20H,5-7,10-17H2,1H3/p+2/t18-,20-/m1/s1. The molecule has 0 spiro atoms. The highest BCUT2D eigenvalue weighted by Crippen LogP contribution is 2.21. The van der Waals surface area contributed by atoms with Gasteiger partial charge in [-0.1, -0.05) is 43.7 Å². The van der Waals surface area contributed by atoms with E-state index in [-0.39, 0.29) is 0 Å². The minimum atomic E-state index is 0.975. The lowest BCUT2D eigenvalue weighted by atomic mass is 9.86. The molecule has 0 bridgehead atoms. The minimum Gasteiger partial charge on any atom is -0.326 e. The van der Waals surface area contributed by atoms with Gasteiger partial charge in [0.25, 0.3) is 0 Å². The first-order chi connectivity index (χ1) is 10.8. The van der Waals surface area contributed by atoms with Gasteiger partial charge in [-0.3, -0.25) is 0 Å². The topological polar surface area (TPSA) is 8.88 Å². The van der Waals surface area contributed by atoms with Crippen LogP contribution >= 0.6 is 0 Å². The highest BCUT2D eigenvalue weighted by Gasteiger charge is 2.31. The predicted molar refractivity (Wildman–Crippen MR) is 92.4 cm³/mol. The number of hydrogen-bond donors (Lipinski definition) is 2. The van der Waals surface area contributed by atoms with E-state index in [1.54, 1.807) is 0 Å². The van der Waals surface area contributed by atoms with Crippen LogP contribution in [0.25, 0.3) is 0 Å². The SMILES string of the molecule is C[C@@H]1CCC[C@@H]([NH+]2CC[NH+](CCCc3ccccc3)CC2)C1. The van der Waals surface area contributed by atoms with Crippen LogP contribution < -0.4 is 9.80 Å². The van der Waals surface area contributed by atoms with E-state index in [2.05, 4.69) is 37.3 Å². The molecule has 1 aliphatic heterocycles. The Labute approximate surface area is 136 Å². The van der Waals surface area contributed by atoms with Crippen LogP contribution in [-0.2, 0) is 6.42 Å². The fourth-order valence-electron chi connectivity index (χ4n) is 4.58. The lowest BCUT2D eigenvalue weighted by molar-refractivity contribution is -1.02. The number of quaternary nitrogens is 2. The van der Waals surface area contributed by atoms with Gasteiger partial charge >= 0.3 is 0 Å². The average Bonchev–Trinajstić information content (AvgIpc) is 2.56. The maximum atomic E-state index is 2.46. The second-order valence-electron chi connectivity index (χ2n) is 7.72. The van der Waals surface area contributed by atoms with Crippen LogP contribution in [0.1, 0.15) is 44.6 Å². The van der Waals surface area contributed by atoms with Gasteiger partial charge in [0.05, 0.1) is 12.6 Å². The molecule has 122 valence electrons. The van der Waals surface area contributed by atoms with Gasteiger partial charge in [-0.15, -0.1) is 0 Å². The van der Waals surface area contributed by atoms with Gasteiger partial charge in [0.1, 0.15) is 26.2 Å². The molecule has 1 aliphatic carbocycles. The third-order valence-corrected chi connectivity index (χ3v) is 5.95. The Bertz CT molecular complexity index is 423. The summed E-state index contributed by atoms with van der Waals surface area (Å²) in [5.74, 6) is 0.975. The van der Waals surface area contributed by atoms with Crippen molar-refractivity contribution in [1.29, 1.82) is 0 Å². The molecule has 1 heterocycles. The summed E-state index contributed by atoms with van der Waals surface area (Å²) in [6, 6.07) is 12.0. The van der Waals surface area contributed by atoms with E-state index >= 15 is 0 Å². The second-order valence-corrected chi connectivity index (χ2v) is 7.72. The predicted octanol–water partition coefficient (Wildman–Crippen LogP) is 0.981. The van der Waals surface area contributed by atoms with Crippen molar-refractivity contribution in [3.8, 4) is 0 Å².